The predicted octanol–water partition coefficient (Wildman–Crippen LogP) is 1.18. The minimum atomic E-state index is -1.12. The molecule has 0 bridgehead atoms. The van der Waals surface area contributed by atoms with Crippen molar-refractivity contribution in [2.75, 3.05) is 6.61 Å². The number of carbonyl (C=O) groups excluding carboxylic acids is 3. The number of hydrogen-bond acceptors (Lipinski definition) is 10. The minimum absolute atomic E-state index is 0.102. The number of esters is 3. The fourth-order valence-corrected chi connectivity index (χ4v) is 3.13. The molecule has 0 saturated carbocycles. The number of carbonyl (C=O) groups is 3. The fraction of sp³-hybridized carbons (Fsp3) is 0.450. The molecule has 1 saturated heterocycles. The van der Waals surface area contributed by atoms with Crippen LogP contribution in [0, 0.1) is 0 Å². The lowest BCUT2D eigenvalue weighted by Crippen LogP contribution is -2.55. The van der Waals surface area contributed by atoms with E-state index in [0.29, 0.717) is 11.4 Å². The van der Waals surface area contributed by atoms with Crippen molar-refractivity contribution in [1.82, 2.24) is 15.0 Å². The summed E-state index contributed by atoms with van der Waals surface area (Å²) in [5.41, 5.74) is 0.500. The van der Waals surface area contributed by atoms with Crippen molar-refractivity contribution in [3.63, 3.8) is 0 Å². The highest BCUT2D eigenvalue weighted by Gasteiger charge is 2.48. The zero-order valence-corrected chi connectivity index (χ0v) is 17.3. The van der Waals surface area contributed by atoms with Gasteiger partial charge < -0.3 is 23.7 Å². The fourth-order valence-electron chi connectivity index (χ4n) is 3.13. The number of para-hydroxylation sites is 1. The van der Waals surface area contributed by atoms with Gasteiger partial charge in [0.2, 0.25) is 0 Å². The van der Waals surface area contributed by atoms with Gasteiger partial charge in [-0.1, -0.05) is 23.4 Å². The van der Waals surface area contributed by atoms with E-state index >= 15 is 0 Å². The molecule has 2 aromatic rings. The van der Waals surface area contributed by atoms with Crippen LogP contribution in [0.2, 0.25) is 0 Å². The smallest absolute Gasteiger partial charge is 0.303 e. The SMILES string of the molecule is CC(=O)OC1COC(n2cc(COc3ccccc3)nn2)C(OC(C)=O)C1OC(C)=O. The van der Waals surface area contributed by atoms with Crippen LogP contribution in [0.15, 0.2) is 36.5 Å². The normalized spacial score (nSPS) is 22.9. The molecule has 0 aliphatic carbocycles. The molecule has 1 aliphatic rings. The molecule has 0 N–H and O–H groups in total. The highest BCUT2D eigenvalue weighted by Crippen LogP contribution is 2.30. The summed E-state index contributed by atoms with van der Waals surface area (Å²) in [6.45, 7) is 3.68. The van der Waals surface area contributed by atoms with Crippen LogP contribution < -0.4 is 4.74 Å². The van der Waals surface area contributed by atoms with Crippen LogP contribution in [-0.4, -0.2) is 57.8 Å². The van der Waals surface area contributed by atoms with Crippen molar-refractivity contribution in [2.45, 2.75) is 51.9 Å². The molecule has 11 heteroatoms. The molecular weight excluding hydrogens is 410 g/mol. The molecule has 2 heterocycles. The van der Waals surface area contributed by atoms with Crippen molar-refractivity contribution in [3.8, 4) is 5.75 Å². The Kier molecular flexibility index (Phi) is 7.19. The van der Waals surface area contributed by atoms with Crippen LogP contribution in [0.25, 0.3) is 0 Å². The summed E-state index contributed by atoms with van der Waals surface area (Å²) < 4.78 is 28.6. The Labute approximate surface area is 178 Å². The van der Waals surface area contributed by atoms with Gasteiger partial charge in [0.15, 0.2) is 24.5 Å². The minimum Gasteiger partial charge on any atom is -0.487 e. The lowest BCUT2D eigenvalue weighted by Gasteiger charge is -2.40. The van der Waals surface area contributed by atoms with Crippen LogP contribution in [0.1, 0.15) is 32.7 Å². The third-order valence-corrected chi connectivity index (χ3v) is 4.27. The van der Waals surface area contributed by atoms with Gasteiger partial charge >= 0.3 is 17.9 Å². The Balaban J connectivity index is 1.79. The largest absolute Gasteiger partial charge is 0.487 e. The molecule has 1 aromatic heterocycles. The van der Waals surface area contributed by atoms with Gasteiger partial charge in [0.05, 0.1) is 12.8 Å². The molecule has 11 nitrogen and oxygen atoms in total. The van der Waals surface area contributed by atoms with Gasteiger partial charge in [0, 0.05) is 20.8 Å². The average Bonchev–Trinajstić information content (AvgIpc) is 3.17. The molecule has 4 atom stereocenters. The molecule has 1 fully saturated rings. The average molecular weight is 433 g/mol. The number of aromatic nitrogens is 3. The Hall–Kier alpha value is -3.47. The number of hydrogen-bond donors (Lipinski definition) is 0. The molecule has 0 amide bonds. The van der Waals surface area contributed by atoms with Crippen LogP contribution in [0.4, 0.5) is 0 Å². The maximum absolute atomic E-state index is 11.7. The number of rotatable bonds is 7. The molecule has 4 unspecified atom stereocenters. The van der Waals surface area contributed by atoms with Gasteiger partial charge in [-0.25, -0.2) is 4.68 Å². The van der Waals surface area contributed by atoms with E-state index in [4.69, 9.17) is 23.7 Å². The molecular formula is C20H23N3O8. The quantitative estimate of drug-likeness (QED) is 0.464. The standard InChI is InChI=1S/C20H23N3O8/c1-12(24)29-17-11-28-20(19(31-14(3)26)18(17)30-13(2)25)23-9-15(21-22-23)10-27-16-7-5-4-6-8-16/h4-9,17-20H,10-11H2,1-3H3. The molecule has 166 valence electrons. The maximum Gasteiger partial charge on any atom is 0.303 e. The highest BCUT2D eigenvalue weighted by atomic mass is 16.6. The maximum atomic E-state index is 11.7. The number of nitrogens with zero attached hydrogens (tertiary/aromatic N) is 3. The van der Waals surface area contributed by atoms with Crippen LogP contribution in [0.5, 0.6) is 5.75 Å². The molecule has 3 rings (SSSR count). The highest BCUT2D eigenvalue weighted by molar-refractivity contribution is 5.68. The van der Waals surface area contributed by atoms with Crippen molar-refractivity contribution in [1.29, 1.82) is 0 Å². The van der Waals surface area contributed by atoms with Gasteiger partial charge in [-0.2, -0.15) is 0 Å². The van der Waals surface area contributed by atoms with Gasteiger partial charge in [0.1, 0.15) is 18.1 Å². The van der Waals surface area contributed by atoms with E-state index < -0.39 is 42.4 Å². The first-order valence-electron chi connectivity index (χ1n) is 9.55. The van der Waals surface area contributed by atoms with Gasteiger partial charge in [-0.05, 0) is 12.1 Å². The molecule has 0 spiro atoms. The van der Waals surface area contributed by atoms with Crippen molar-refractivity contribution in [3.05, 3.63) is 42.2 Å². The van der Waals surface area contributed by atoms with Crippen LogP contribution in [-0.2, 0) is 39.9 Å². The zero-order chi connectivity index (χ0) is 22.4. The molecule has 1 aromatic carbocycles. The Bertz CT molecular complexity index is 916. The molecule has 1 aliphatic heterocycles. The van der Waals surface area contributed by atoms with E-state index in [1.165, 1.54) is 25.5 Å². The van der Waals surface area contributed by atoms with E-state index in [-0.39, 0.29) is 13.2 Å². The van der Waals surface area contributed by atoms with E-state index in [9.17, 15) is 14.4 Å². The lowest BCUT2D eigenvalue weighted by molar-refractivity contribution is -0.241. The Morgan fingerprint density at radius 3 is 2.29 bits per heavy atom. The van der Waals surface area contributed by atoms with E-state index in [1.54, 1.807) is 6.20 Å². The van der Waals surface area contributed by atoms with E-state index in [2.05, 4.69) is 10.3 Å². The van der Waals surface area contributed by atoms with E-state index in [0.717, 1.165) is 0 Å². The topological polar surface area (TPSA) is 128 Å². The van der Waals surface area contributed by atoms with Gasteiger partial charge in [-0.3, -0.25) is 14.4 Å². The van der Waals surface area contributed by atoms with Crippen LogP contribution >= 0.6 is 0 Å². The predicted molar refractivity (Wildman–Crippen MR) is 102 cm³/mol. The summed E-state index contributed by atoms with van der Waals surface area (Å²) in [6, 6.07) is 9.19. The zero-order valence-electron chi connectivity index (χ0n) is 17.3. The first kappa shape index (κ1) is 22.2. The second kappa shape index (κ2) is 10.0. The van der Waals surface area contributed by atoms with Gasteiger partial charge in [0.25, 0.3) is 0 Å². The summed E-state index contributed by atoms with van der Waals surface area (Å²) >= 11 is 0. The van der Waals surface area contributed by atoms with Crippen molar-refractivity contribution >= 4 is 17.9 Å². The lowest BCUT2D eigenvalue weighted by atomic mass is 10.0. The summed E-state index contributed by atoms with van der Waals surface area (Å²) in [4.78, 5) is 34.8. The number of ether oxygens (including phenoxy) is 5. The number of benzene rings is 1. The summed E-state index contributed by atoms with van der Waals surface area (Å²) in [5, 5.41) is 8.08. The van der Waals surface area contributed by atoms with Crippen molar-refractivity contribution in [2.24, 2.45) is 0 Å². The summed E-state index contributed by atoms with van der Waals surface area (Å²) in [6.07, 6.45) is -2.55. The van der Waals surface area contributed by atoms with Crippen LogP contribution in [0.3, 0.4) is 0 Å². The van der Waals surface area contributed by atoms with Crippen molar-refractivity contribution < 1.29 is 38.1 Å². The Morgan fingerprint density at radius 2 is 1.65 bits per heavy atom. The third kappa shape index (κ3) is 6.01. The van der Waals surface area contributed by atoms with Gasteiger partial charge in [-0.15, -0.1) is 5.10 Å². The second-order valence-electron chi connectivity index (χ2n) is 6.81. The Morgan fingerprint density at radius 1 is 1.00 bits per heavy atom. The first-order valence-corrected chi connectivity index (χ1v) is 9.55. The molecule has 0 radical (unpaired) electrons. The summed E-state index contributed by atoms with van der Waals surface area (Å²) in [5.74, 6) is -1.18. The van der Waals surface area contributed by atoms with E-state index in [1.807, 2.05) is 30.3 Å². The first-order chi connectivity index (χ1) is 14.8. The summed E-state index contributed by atoms with van der Waals surface area (Å²) in [7, 11) is 0. The second-order valence-corrected chi connectivity index (χ2v) is 6.81. The third-order valence-electron chi connectivity index (χ3n) is 4.27. The monoisotopic (exact) mass is 433 g/mol. The molecule has 31 heavy (non-hydrogen) atoms.